The van der Waals surface area contributed by atoms with E-state index in [1.807, 2.05) is 0 Å². The van der Waals surface area contributed by atoms with Gasteiger partial charge in [0.15, 0.2) is 0 Å². The van der Waals surface area contributed by atoms with Crippen molar-refractivity contribution in [3.05, 3.63) is 0 Å². The zero-order chi connectivity index (χ0) is 13.3. The Labute approximate surface area is 106 Å². The molecule has 0 saturated heterocycles. The first-order valence-corrected chi connectivity index (χ1v) is 6.78. The van der Waals surface area contributed by atoms with E-state index in [0.717, 1.165) is 19.3 Å². The molecule has 1 aliphatic rings. The van der Waals surface area contributed by atoms with Crippen LogP contribution in [0.4, 0.5) is 0 Å². The fourth-order valence-corrected chi connectivity index (χ4v) is 2.68. The van der Waals surface area contributed by atoms with Crippen molar-refractivity contribution >= 4 is 5.91 Å². The lowest BCUT2D eigenvalue weighted by molar-refractivity contribution is -0.125. The van der Waals surface area contributed by atoms with Crippen molar-refractivity contribution in [1.82, 2.24) is 5.32 Å². The van der Waals surface area contributed by atoms with Gasteiger partial charge in [-0.1, -0.05) is 27.7 Å². The van der Waals surface area contributed by atoms with E-state index >= 15 is 0 Å². The maximum atomic E-state index is 12.2. The Morgan fingerprint density at radius 2 is 2.18 bits per heavy atom. The molecule has 1 saturated carbocycles. The molecular formula is C14H28N2O. The Bertz CT molecular complexity index is 290. The van der Waals surface area contributed by atoms with Crippen LogP contribution in [-0.2, 0) is 4.79 Å². The Morgan fingerprint density at radius 1 is 1.59 bits per heavy atom. The molecule has 0 bridgehead atoms. The summed E-state index contributed by atoms with van der Waals surface area (Å²) >= 11 is 0. The molecule has 0 heterocycles. The number of carbonyl (C=O) groups is 1. The lowest BCUT2D eigenvalue weighted by Crippen LogP contribution is -2.52. The smallest absolute Gasteiger partial charge is 0.224 e. The first-order chi connectivity index (χ1) is 7.76. The third kappa shape index (κ3) is 3.44. The molecule has 100 valence electrons. The predicted molar refractivity (Wildman–Crippen MR) is 71.6 cm³/mol. The van der Waals surface area contributed by atoms with Gasteiger partial charge >= 0.3 is 0 Å². The molecule has 1 aliphatic carbocycles. The quantitative estimate of drug-likeness (QED) is 0.748. The third-order valence-electron chi connectivity index (χ3n) is 4.21. The fraction of sp³-hybridized carbons (Fsp3) is 0.929. The summed E-state index contributed by atoms with van der Waals surface area (Å²) in [5, 5.41) is 3.16. The minimum atomic E-state index is -0.248. The normalized spacial score (nSPS) is 31.1. The largest absolute Gasteiger partial charge is 0.349 e. The van der Waals surface area contributed by atoms with Crippen molar-refractivity contribution in [2.75, 3.05) is 6.54 Å². The Kier molecular flexibility index (Phi) is 4.23. The van der Waals surface area contributed by atoms with Crippen LogP contribution in [0.5, 0.6) is 0 Å². The predicted octanol–water partition coefficient (Wildman–Crippen LogP) is 2.30. The Hall–Kier alpha value is -0.570. The summed E-state index contributed by atoms with van der Waals surface area (Å²) in [5.41, 5.74) is 5.80. The number of nitrogens with one attached hydrogen (secondary N) is 1. The lowest BCUT2D eigenvalue weighted by Gasteiger charge is -2.31. The van der Waals surface area contributed by atoms with Crippen LogP contribution in [0, 0.1) is 17.3 Å². The molecule has 0 spiro atoms. The van der Waals surface area contributed by atoms with Gasteiger partial charge in [0, 0.05) is 18.0 Å². The van der Waals surface area contributed by atoms with Crippen molar-refractivity contribution < 1.29 is 4.79 Å². The van der Waals surface area contributed by atoms with Crippen LogP contribution in [0.25, 0.3) is 0 Å². The number of carbonyl (C=O) groups excluding carboxylic acids is 1. The molecular weight excluding hydrogens is 212 g/mol. The second-order valence-corrected chi connectivity index (χ2v) is 6.62. The van der Waals surface area contributed by atoms with Crippen LogP contribution in [0.2, 0.25) is 0 Å². The van der Waals surface area contributed by atoms with E-state index in [1.54, 1.807) is 0 Å². The second kappa shape index (κ2) is 4.97. The second-order valence-electron chi connectivity index (χ2n) is 6.62. The molecule has 1 fully saturated rings. The highest BCUT2D eigenvalue weighted by molar-refractivity contribution is 5.83. The molecule has 0 radical (unpaired) electrons. The summed E-state index contributed by atoms with van der Waals surface area (Å²) in [6.07, 6.45) is 3.04. The highest BCUT2D eigenvalue weighted by Crippen LogP contribution is 2.54. The van der Waals surface area contributed by atoms with Crippen LogP contribution < -0.4 is 11.1 Å². The van der Waals surface area contributed by atoms with E-state index in [1.165, 1.54) is 0 Å². The van der Waals surface area contributed by atoms with Gasteiger partial charge in [0.25, 0.3) is 0 Å². The highest BCUT2D eigenvalue weighted by Gasteiger charge is 2.53. The monoisotopic (exact) mass is 240 g/mol. The number of amides is 1. The molecule has 3 nitrogen and oxygen atoms in total. The standard InChI is InChI=1S/C14H28N2O/c1-6-13(4)8-11(13)12(17)16-14(5,9-15)7-10(2)3/h10-11H,6-9,15H2,1-5H3,(H,16,17). The first kappa shape index (κ1) is 14.5. The molecule has 0 aliphatic heterocycles. The van der Waals surface area contributed by atoms with E-state index in [4.69, 9.17) is 5.73 Å². The van der Waals surface area contributed by atoms with Crippen molar-refractivity contribution in [3.8, 4) is 0 Å². The molecule has 1 amide bonds. The molecule has 3 N–H and O–H groups in total. The molecule has 3 unspecified atom stereocenters. The SMILES string of the molecule is CCC1(C)CC1C(=O)NC(C)(CN)CC(C)C. The number of hydrogen-bond donors (Lipinski definition) is 2. The minimum absolute atomic E-state index is 0.197. The van der Waals surface area contributed by atoms with Gasteiger partial charge in [-0.05, 0) is 37.5 Å². The van der Waals surface area contributed by atoms with Crippen molar-refractivity contribution in [2.24, 2.45) is 23.0 Å². The summed E-state index contributed by atoms with van der Waals surface area (Å²) in [6, 6.07) is 0. The summed E-state index contributed by atoms with van der Waals surface area (Å²) in [6.45, 7) is 11.2. The number of rotatable bonds is 6. The van der Waals surface area contributed by atoms with Crippen molar-refractivity contribution in [3.63, 3.8) is 0 Å². The molecule has 1 rings (SSSR count). The van der Waals surface area contributed by atoms with E-state index in [9.17, 15) is 4.79 Å². The lowest BCUT2D eigenvalue weighted by atomic mass is 9.90. The van der Waals surface area contributed by atoms with Crippen LogP contribution in [0.15, 0.2) is 0 Å². The summed E-state index contributed by atoms with van der Waals surface area (Å²) in [5.74, 6) is 0.939. The van der Waals surface area contributed by atoms with Crippen LogP contribution in [0.1, 0.15) is 53.9 Å². The van der Waals surface area contributed by atoms with E-state index in [-0.39, 0.29) is 22.8 Å². The van der Waals surface area contributed by atoms with Gasteiger partial charge < -0.3 is 11.1 Å². The molecule has 17 heavy (non-hydrogen) atoms. The van der Waals surface area contributed by atoms with Crippen LogP contribution in [-0.4, -0.2) is 18.0 Å². The van der Waals surface area contributed by atoms with Gasteiger partial charge in [-0.2, -0.15) is 0 Å². The van der Waals surface area contributed by atoms with Crippen molar-refractivity contribution in [2.45, 2.75) is 59.4 Å². The molecule has 0 aromatic heterocycles. The van der Waals surface area contributed by atoms with Crippen molar-refractivity contribution in [1.29, 1.82) is 0 Å². The van der Waals surface area contributed by atoms with Gasteiger partial charge in [0.2, 0.25) is 5.91 Å². The summed E-state index contributed by atoms with van der Waals surface area (Å²) < 4.78 is 0. The Balaban J connectivity index is 2.55. The van der Waals surface area contributed by atoms with E-state index in [2.05, 4.69) is 39.9 Å². The number of nitrogens with two attached hydrogens (primary N) is 1. The van der Waals surface area contributed by atoms with E-state index < -0.39 is 0 Å². The zero-order valence-corrected chi connectivity index (χ0v) is 12.0. The summed E-state index contributed by atoms with van der Waals surface area (Å²) in [4.78, 5) is 12.2. The summed E-state index contributed by atoms with van der Waals surface area (Å²) in [7, 11) is 0. The molecule has 0 aromatic rings. The van der Waals surface area contributed by atoms with Crippen LogP contribution >= 0.6 is 0 Å². The molecule has 0 aromatic carbocycles. The van der Waals surface area contributed by atoms with Crippen LogP contribution in [0.3, 0.4) is 0 Å². The van der Waals surface area contributed by atoms with Gasteiger partial charge in [-0.15, -0.1) is 0 Å². The van der Waals surface area contributed by atoms with Gasteiger partial charge in [-0.3, -0.25) is 4.79 Å². The number of hydrogen-bond acceptors (Lipinski definition) is 2. The minimum Gasteiger partial charge on any atom is -0.349 e. The zero-order valence-electron chi connectivity index (χ0n) is 12.0. The third-order valence-corrected chi connectivity index (χ3v) is 4.21. The molecule has 3 atom stereocenters. The van der Waals surface area contributed by atoms with Gasteiger partial charge in [-0.25, -0.2) is 0 Å². The maximum absolute atomic E-state index is 12.2. The van der Waals surface area contributed by atoms with E-state index in [0.29, 0.717) is 12.5 Å². The fourth-order valence-electron chi connectivity index (χ4n) is 2.68. The molecule has 3 heteroatoms. The Morgan fingerprint density at radius 3 is 2.53 bits per heavy atom. The van der Waals surface area contributed by atoms with Gasteiger partial charge in [0.05, 0.1) is 0 Å². The highest BCUT2D eigenvalue weighted by atomic mass is 16.2. The topological polar surface area (TPSA) is 55.1 Å². The average molecular weight is 240 g/mol. The average Bonchev–Trinajstić information content (AvgIpc) is 2.91. The first-order valence-electron chi connectivity index (χ1n) is 6.78. The maximum Gasteiger partial charge on any atom is 0.224 e. The van der Waals surface area contributed by atoms with Gasteiger partial charge in [0.1, 0.15) is 0 Å².